The minimum absolute atomic E-state index is 0.335. The standard InChI is InChI=1S/C21H23ClN2OS/c1-26-18-4-2-15(3-5-18)19(10-14-6-8-25-9-7-14)20-12-16-11-17(22)13-23-21(16)24-20/h2-5,11-14,19H,6-10H2,1H3,(H,23,24). The number of benzene rings is 1. The monoisotopic (exact) mass is 386 g/mol. The van der Waals surface area contributed by atoms with Crippen LogP contribution in [-0.4, -0.2) is 29.4 Å². The van der Waals surface area contributed by atoms with Gasteiger partial charge in [0.15, 0.2) is 0 Å². The van der Waals surface area contributed by atoms with Gasteiger partial charge >= 0.3 is 0 Å². The second-order valence-corrected chi connectivity index (χ2v) is 8.25. The van der Waals surface area contributed by atoms with Crippen LogP contribution in [0.1, 0.15) is 36.4 Å². The maximum atomic E-state index is 6.12. The molecule has 0 saturated carbocycles. The Morgan fingerprint density at radius 2 is 2.00 bits per heavy atom. The lowest BCUT2D eigenvalue weighted by atomic mass is 9.83. The van der Waals surface area contributed by atoms with Crippen LogP contribution in [0.5, 0.6) is 0 Å². The molecular weight excluding hydrogens is 364 g/mol. The lowest BCUT2D eigenvalue weighted by molar-refractivity contribution is 0.0626. The quantitative estimate of drug-likeness (QED) is 0.556. The molecule has 0 aliphatic carbocycles. The number of aromatic nitrogens is 2. The summed E-state index contributed by atoms with van der Waals surface area (Å²) in [6.07, 6.45) is 7.22. The number of thioether (sulfide) groups is 1. The molecule has 1 fully saturated rings. The molecule has 1 unspecified atom stereocenters. The number of rotatable bonds is 5. The number of halogens is 1. The Bertz CT molecular complexity index is 871. The van der Waals surface area contributed by atoms with Crippen LogP contribution in [0, 0.1) is 5.92 Å². The summed E-state index contributed by atoms with van der Waals surface area (Å²) in [4.78, 5) is 9.27. The smallest absolute Gasteiger partial charge is 0.137 e. The van der Waals surface area contributed by atoms with Gasteiger partial charge in [-0.05, 0) is 61.3 Å². The van der Waals surface area contributed by atoms with Crippen LogP contribution >= 0.6 is 23.4 Å². The zero-order valence-corrected chi connectivity index (χ0v) is 16.4. The predicted octanol–water partition coefficient (Wildman–Crippen LogP) is 5.89. The van der Waals surface area contributed by atoms with Gasteiger partial charge in [-0.2, -0.15) is 0 Å². The van der Waals surface area contributed by atoms with Gasteiger partial charge in [-0.25, -0.2) is 4.98 Å². The lowest BCUT2D eigenvalue weighted by Gasteiger charge is -2.26. The second-order valence-electron chi connectivity index (χ2n) is 6.93. The largest absolute Gasteiger partial charge is 0.381 e. The van der Waals surface area contributed by atoms with Crippen LogP contribution in [0.4, 0.5) is 0 Å². The summed E-state index contributed by atoms with van der Waals surface area (Å²) in [6, 6.07) is 13.2. The number of fused-ring (bicyclic) bond motifs is 1. The summed E-state index contributed by atoms with van der Waals surface area (Å²) in [5.74, 6) is 1.03. The first-order valence-electron chi connectivity index (χ1n) is 9.09. The molecule has 4 rings (SSSR count). The van der Waals surface area contributed by atoms with Crippen molar-refractivity contribution in [3.05, 3.63) is 58.9 Å². The Balaban J connectivity index is 1.69. The van der Waals surface area contributed by atoms with Crippen LogP contribution in [0.15, 0.2) is 47.5 Å². The molecule has 5 heteroatoms. The van der Waals surface area contributed by atoms with E-state index in [1.165, 1.54) is 16.2 Å². The van der Waals surface area contributed by atoms with Gasteiger partial charge in [-0.3, -0.25) is 0 Å². The van der Waals surface area contributed by atoms with Gasteiger partial charge in [0.05, 0.1) is 5.02 Å². The minimum atomic E-state index is 0.335. The van der Waals surface area contributed by atoms with E-state index in [-0.39, 0.29) is 0 Å². The van der Waals surface area contributed by atoms with Crippen molar-refractivity contribution in [2.45, 2.75) is 30.1 Å². The van der Waals surface area contributed by atoms with Crippen molar-refractivity contribution in [2.75, 3.05) is 19.5 Å². The lowest BCUT2D eigenvalue weighted by Crippen LogP contribution is -2.18. The Kier molecular flexibility index (Phi) is 5.53. The van der Waals surface area contributed by atoms with Crippen molar-refractivity contribution in [3.63, 3.8) is 0 Å². The van der Waals surface area contributed by atoms with Gasteiger partial charge in [0, 0.05) is 41.3 Å². The zero-order valence-electron chi connectivity index (χ0n) is 14.9. The summed E-state index contributed by atoms with van der Waals surface area (Å²) in [6.45, 7) is 1.76. The third-order valence-corrected chi connectivity index (χ3v) is 6.21. The molecule has 2 aromatic heterocycles. The number of hydrogen-bond acceptors (Lipinski definition) is 3. The first-order valence-corrected chi connectivity index (χ1v) is 10.7. The SMILES string of the molecule is CSc1ccc(C(CC2CCOCC2)c2cc3cc(Cl)cnc3[nH]2)cc1. The zero-order chi connectivity index (χ0) is 17.9. The van der Waals surface area contributed by atoms with Gasteiger partial charge in [0.25, 0.3) is 0 Å². The Morgan fingerprint density at radius 1 is 1.23 bits per heavy atom. The molecule has 1 aliphatic rings. The van der Waals surface area contributed by atoms with Gasteiger partial charge in [0.2, 0.25) is 0 Å². The molecule has 136 valence electrons. The molecule has 0 radical (unpaired) electrons. The van der Waals surface area contributed by atoms with Crippen molar-refractivity contribution in [1.29, 1.82) is 0 Å². The highest BCUT2D eigenvalue weighted by atomic mass is 35.5. The topological polar surface area (TPSA) is 37.9 Å². The maximum absolute atomic E-state index is 6.12. The van der Waals surface area contributed by atoms with E-state index in [0.29, 0.717) is 16.9 Å². The normalized spacial score (nSPS) is 16.8. The molecule has 3 nitrogen and oxygen atoms in total. The van der Waals surface area contributed by atoms with Crippen molar-refractivity contribution in [2.24, 2.45) is 5.92 Å². The summed E-state index contributed by atoms with van der Waals surface area (Å²) >= 11 is 7.90. The van der Waals surface area contributed by atoms with Crippen LogP contribution in [0.2, 0.25) is 5.02 Å². The van der Waals surface area contributed by atoms with E-state index in [1.54, 1.807) is 18.0 Å². The van der Waals surface area contributed by atoms with Gasteiger partial charge < -0.3 is 9.72 Å². The molecule has 26 heavy (non-hydrogen) atoms. The third kappa shape index (κ3) is 3.93. The number of aromatic amines is 1. The van der Waals surface area contributed by atoms with Gasteiger partial charge in [-0.1, -0.05) is 23.7 Å². The summed E-state index contributed by atoms with van der Waals surface area (Å²) in [5.41, 5.74) is 3.48. The number of nitrogens with zero attached hydrogens (tertiary/aromatic N) is 1. The molecular formula is C21H23ClN2OS. The highest BCUT2D eigenvalue weighted by Crippen LogP contribution is 2.36. The maximum Gasteiger partial charge on any atom is 0.137 e. The van der Waals surface area contributed by atoms with Crippen LogP contribution in [0.25, 0.3) is 11.0 Å². The van der Waals surface area contributed by atoms with E-state index in [2.05, 4.69) is 46.6 Å². The van der Waals surface area contributed by atoms with Crippen LogP contribution in [0.3, 0.4) is 0 Å². The summed E-state index contributed by atoms with van der Waals surface area (Å²) in [7, 11) is 0. The molecule has 3 aromatic rings. The average molecular weight is 387 g/mol. The molecule has 1 N–H and O–H groups in total. The summed E-state index contributed by atoms with van der Waals surface area (Å²) in [5, 5.41) is 1.75. The van der Waals surface area contributed by atoms with Gasteiger partial charge in [0.1, 0.15) is 5.65 Å². The number of nitrogens with one attached hydrogen (secondary N) is 1. The predicted molar refractivity (Wildman–Crippen MR) is 109 cm³/mol. The molecule has 1 atom stereocenters. The van der Waals surface area contributed by atoms with Gasteiger partial charge in [-0.15, -0.1) is 11.8 Å². The van der Waals surface area contributed by atoms with E-state index in [4.69, 9.17) is 16.3 Å². The Labute approximate surface area is 163 Å². The highest BCUT2D eigenvalue weighted by Gasteiger charge is 2.23. The van der Waals surface area contributed by atoms with E-state index < -0.39 is 0 Å². The van der Waals surface area contributed by atoms with Crippen LogP contribution < -0.4 is 0 Å². The molecule has 0 bridgehead atoms. The fraction of sp³-hybridized carbons (Fsp3) is 0.381. The molecule has 0 spiro atoms. The molecule has 0 amide bonds. The number of ether oxygens (including phenoxy) is 1. The van der Waals surface area contributed by atoms with Crippen molar-refractivity contribution in [3.8, 4) is 0 Å². The fourth-order valence-electron chi connectivity index (χ4n) is 3.79. The van der Waals surface area contributed by atoms with E-state index in [1.807, 2.05) is 6.07 Å². The number of hydrogen-bond donors (Lipinski definition) is 1. The second kappa shape index (κ2) is 8.03. The van der Waals surface area contributed by atoms with Crippen molar-refractivity contribution in [1.82, 2.24) is 9.97 Å². The van der Waals surface area contributed by atoms with Crippen molar-refractivity contribution >= 4 is 34.4 Å². The van der Waals surface area contributed by atoms with E-state index in [9.17, 15) is 0 Å². The van der Waals surface area contributed by atoms with E-state index in [0.717, 1.165) is 43.5 Å². The van der Waals surface area contributed by atoms with Crippen LogP contribution in [-0.2, 0) is 4.74 Å². The summed E-state index contributed by atoms with van der Waals surface area (Å²) < 4.78 is 5.55. The first-order chi connectivity index (χ1) is 12.7. The number of pyridine rings is 1. The van der Waals surface area contributed by atoms with Crippen molar-refractivity contribution < 1.29 is 4.74 Å². The first kappa shape index (κ1) is 17.9. The molecule has 1 aliphatic heterocycles. The number of H-pyrrole nitrogens is 1. The Hall–Kier alpha value is -1.49. The average Bonchev–Trinajstić information content (AvgIpc) is 3.10. The minimum Gasteiger partial charge on any atom is -0.381 e. The molecule has 1 saturated heterocycles. The molecule has 1 aromatic carbocycles. The third-order valence-electron chi connectivity index (χ3n) is 5.26. The Morgan fingerprint density at radius 3 is 2.73 bits per heavy atom. The highest BCUT2D eigenvalue weighted by molar-refractivity contribution is 7.98. The molecule has 3 heterocycles. The van der Waals surface area contributed by atoms with E-state index >= 15 is 0 Å². The fourth-order valence-corrected chi connectivity index (χ4v) is 4.37.